The Morgan fingerprint density at radius 2 is 2.08 bits per heavy atom. The number of anilines is 1. The van der Waals surface area contributed by atoms with E-state index in [1.165, 1.54) is 11.8 Å². The van der Waals surface area contributed by atoms with E-state index < -0.39 is 0 Å². The van der Waals surface area contributed by atoms with Crippen LogP contribution in [0.2, 0.25) is 0 Å². The van der Waals surface area contributed by atoms with Gasteiger partial charge in [0.2, 0.25) is 5.88 Å². The van der Waals surface area contributed by atoms with Gasteiger partial charge in [-0.05, 0) is 37.8 Å². The minimum Gasteiger partial charge on any atom is -0.477 e. The number of pyridine rings is 1. The summed E-state index contributed by atoms with van der Waals surface area (Å²) < 4.78 is 5.53. The van der Waals surface area contributed by atoms with E-state index in [-0.39, 0.29) is 18.0 Å². The van der Waals surface area contributed by atoms with Crippen molar-refractivity contribution in [2.45, 2.75) is 30.6 Å². The van der Waals surface area contributed by atoms with E-state index in [1.807, 2.05) is 24.1 Å². The van der Waals surface area contributed by atoms with Gasteiger partial charge in [0.05, 0.1) is 18.7 Å². The van der Waals surface area contributed by atoms with Gasteiger partial charge in [0.15, 0.2) is 5.16 Å². The number of rotatable bonds is 5. The predicted molar refractivity (Wildman–Crippen MR) is 99.8 cm³/mol. The second-order valence-electron chi connectivity index (χ2n) is 6.35. The maximum atomic E-state index is 13.0. The number of amides is 1. The summed E-state index contributed by atoms with van der Waals surface area (Å²) in [6, 6.07) is 5.90. The van der Waals surface area contributed by atoms with Crippen LogP contribution in [0.3, 0.4) is 0 Å². The van der Waals surface area contributed by atoms with Gasteiger partial charge in [0.25, 0.3) is 5.91 Å². The molecule has 5 heterocycles. The quantitative estimate of drug-likeness (QED) is 0.589. The Labute approximate surface area is 156 Å². The van der Waals surface area contributed by atoms with Crippen LogP contribution in [-0.2, 0) is 0 Å². The van der Waals surface area contributed by atoms with Gasteiger partial charge in [-0.15, -0.1) is 0 Å². The van der Waals surface area contributed by atoms with Crippen molar-refractivity contribution >= 4 is 23.5 Å². The first kappa shape index (κ1) is 17.1. The van der Waals surface area contributed by atoms with Crippen LogP contribution < -0.4 is 9.64 Å². The molecule has 7 nitrogen and oxygen atoms in total. The van der Waals surface area contributed by atoms with Gasteiger partial charge in [-0.25, -0.2) is 15.0 Å². The van der Waals surface area contributed by atoms with Crippen LogP contribution in [0.15, 0.2) is 35.7 Å². The highest BCUT2D eigenvalue weighted by atomic mass is 32.2. The van der Waals surface area contributed by atoms with E-state index in [0.717, 1.165) is 30.5 Å². The van der Waals surface area contributed by atoms with E-state index >= 15 is 0 Å². The van der Waals surface area contributed by atoms with Gasteiger partial charge in [-0.1, -0.05) is 11.8 Å². The Morgan fingerprint density at radius 1 is 1.27 bits per heavy atom. The zero-order valence-electron chi connectivity index (χ0n) is 14.8. The summed E-state index contributed by atoms with van der Waals surface area (Å²) >= 11 is 1.53. The summed E-state index contributed by atoms with van der Waals surface area (Å²) in [5.41, 5.74) is 0.546. The third-order valence-corrected chi connectivity index (χ3v) is 5.40. The molecule has 2 bridgehead atoms. The summed E-state index contributed by atoms with van der Waals surface area (Å²) in [7, 11) is 0. The van der Waals surface area contributed by atoms with Crippen molar-refractivity contribution in [3.05, 3.63) is 36.2 Å². The summed E-state index contributed by atoms with van der Waals surface area (Å²) in [6.45, 7) is 3.96. The van der Waals surface area contributed by atoms with Crippen LogP contribution in [-0.4, -0.2) is 63.8 Å². The fraction of sp³-hybridized carbons (Fsp3) is 0.444. The lowest BCUT2D eigenvalue weighted by Gasteiger charge is -2.56. The van der Waals surface area contributed by atoms with E-state index in [1.54, 1.807) is 24.5 Å². The SMILES string of the molecule is CCOc1ncccc1C(=O)N1C2CC1CN(c1ccnc(SC)n1)C2. The van der Waals surface area contributed by atoms with Crippen LogP contribution >= 0.6 is 11.8 Å². The average molecular weight is 371 g/mol. The number of aromatic nitrogens is 3. The molecule has 26 heavy (non-hydrogen) atoms. The van der Waals surface area contributed by atoms with Gasteiger partial charge in [0.1, 0.15) is 11.4 Å². The Morgan fingerprint density at radius 3 is 2.81 bits per heavy atom. The minimum absolute atomic E-state index is 0.00920. The topological polar surface area (TPSA) is 71.5 Å². The second kappa shape index (κ2) is 7.11. The highest BCUT2D eigenvalue weighted by Crippen LogP contribution is 2.36. The number of piperazine rings is 1. The number of nitrogens with zero attached hydrogens (tertiary/aromatic N) is 5. The molecule has 0 N–H and O–H groups in total. The van der Waals surface area contributed by atoms with Gasteiger partial charge in [-0.3, -0.25) is 4.79 Å². The van der Waals surface area contributed by atoms with Gasteiger partial charge in [-0.2, -0.15) is 0 Å². The molecule has 3 aliphatic heterocycles. The molecule has 2 atom stereocenters. The average Bonchev–Trinajstić information content (AvgIpc) is 2.68. The van der Waals surface area contributed by atoms with Crippen LogP contribution in [0.5, 0.6) is 5.88 Å². The molecule has 0 spiro atoms. The summed E-state index contributed by atoms with van der Waals surface area (Å²) in [6.07, 6.45) is 6.45. The Bertz CT molecular complexity index is 806. The lowest BCUT2D eigenvalue weighted by Crippen LogP contribution is -2.70. The summed E-state index contributed by atoms with van der Waals surface area (Å²) in [5.74, 6) is 1.36. The van der Waals surface area contributed by atoms with Crippen molar-refractivity contribution in [1.29, 1.82) is 0 Å². The van der Waals surface area contributed by atoms with Gasteiger partial charge in [0, 0.05) is 25.5 Å². The molecule has 2 aromatic rings. The molecular formula is C18H21N5O2S. The highest BCUT2D eigenvalue weighted by molar-refractivity contribution is 7.98. The van der Waals surface area contributed by atoms with Crippen molar-refractivity contribution < 1.29 is 9.53 Å². The normalized spacial score (nSPS) is 21.3. The molecule has 3 fully saturated rings. The molecule has 3 aliphatic rings. The van der Waals surface area contributed by atoms with E-state index in [9.17, 15) is 4.79 Å². The first-order chi connectivity index (χ1) is 12.7. The van der Waals surface area contributed by atoms with Crippen molar-refractivity contribution in [3.63, 3.8) is 0 Å². The smallest absolute Gasteiger partial charge is 0.259 e. The number of thioether (sulfide) groups is 1. The number of carbonyl (C=O) groups excluding carboxylic acids is 1. The Balaban J connectivity index is 1.50. The minimum atomic E-state index is 0.00920. The number of carbonyl (C=O) groups is 1. The number of hydrogen-bond donors (Lipinski definition) is 0. The van der Waals surface area contributed by atoms with Crippen molar-refractivity contribution in [3.8, 4) is 5.88 Å². The first-order valence-electron chi connectivity index (χ1n) is 8.73. The van der Waals surface area contributed by atoms with Crippen molar-refractivity contribution in [1.82, 2.24) is 19.9 Å². The van der Waals surface area contributed by atoms with E-state index in [2.05, 4.69) is 19.9 Å². The number of hydrogen-bond acceptors (Lipinski definition) is 7. The first-order valence-corrected chi connectivity index (χ1v) is 9.96. The van der Waals surface area contributed by atoms with Crippen LogP contribution in [0, 0.1) is 0 Å². The van der Waals surface area contributed by atoms with Gasteiger partial charge < -0.3 is 14.5 Å². The molecule has 1 amide bonds. The van der Waals surface area contributed by atoms with Crippen LogP contribution in [0.1, 0.15) is 23.7 Å². The zero-order valence-corrected chi connectivity index (χ0v) is 15.6. The van der Waals surface area contributed by atoms with Crippen molar-refractivity contribution in [2.75, 3.05) is 30.9 Å². The molecule has 0 saturated carbocycles. The fourth-order valence-electron chi connectivity index (χ4n) is 3.68. The highest BCUT2D eigenvalue weighted by Gasteiger charge is 2.48. The molecule has 0 radical (unpaired) electrons. The summed E-state index contributed by atoms with van der Waals surface area (Å²) in [4.78, 5) is 30.3. The lowest BCUT2D eigenvalue weighted by atomic mass is 9.86. The van der Waals surface area contributed by atoms with Gasteiger partial charge >= 0.3 is 0 Å². The maximum Gasteiger partial charge on any atom is 0.259 e. The monoisotopic (exact) mass is 371 g/mol. The summed E-state index contributed by atoms with van der Waals surface area (Å²) in [5, 5.41) is 0.770. The molecule has 0 aromatic carbocycles. The fourth-order valence-corrected chi connectivity index (χ4v) is 4.03. The zero-order chi connectivity index (χ0) is 18.1. The molecule has 2 unspecified atom stereocenters. The standard InChI is InChI=1S/C18H21N5O2S/c1-3-25-16-14(5-4-7-19-16)17(24)23-12-9-13(23)11-22(10-12)15-6-8-20-18(21-15)26-2/h4-8,12-13H,3,9-11H2,1-2H3. The van der Waals surface area contributed by atoms with Crippen molar-refractivity contribution in [2.24, 2.45) is 0 Å². The molecule has 2 aromatic heterocycles. The largest absolute Gasteiger partial charge is 0.477 e. The molecule has 136 valence electrons. The third kappa shape index (κ3) is 2.98. The molecular weight excluding hydrogens is 350 g/mol. The molecule has 5 rings (SSSR count). The maximum absolute atomic E-state index is 13.0. The third-order valence-electron chi connectivity index (χ3n) is 4.84. The molecule has 0 aliphatic carbocycles. The Hall–Kier alpha value is -2.35. The molecule has 8 heteroatoms. The van der Waals surface area contributed by atoms with Crippen LogP contribution in [0.4, 0.5) is 5.82 Å². The lowest BCUT2D eigenvalue weighted by molar-refractivity contribution is 0.00538. The predicted octanol–water partition coefficient (Wildman–Crippen LogP) is 2.10. The number of fused-ring (bicyclic) bond motifs is 2. The van der Waals surface area contributed by atoms with E-state index in [4.69, 9.17) is 4.74 Å². The van der Waals surface area contributed by atoms with E-state index in [0.29, 0.717) is 18.1 Å². The van der Waals surface area contributed by atoms with Crippen LogP contribution in [0.25, 0.3) is 0 Å². The Kier molecular flexibility index (Phi) is 4.67. The number of piperidine rings is 1. The number of ether oxygens (including phenoxy) is 1. The second-order valence-corrected chi connectivity index (χ2v) is 7.12. The molecule has 3 saturated heterocycles.